The van der Waals surface area contributed by atoms with Crippen LogP contribution < -0.4 is 17.2 Å². The van der Waals surface area contributed by atoms with Crippen molar-refractivity contribution in [3.05, 3.63) is 0 Å². The standard InChI is InChI=1S/C11H21N3O5/c1-5(2)8(13)10(16)18-6(3)9(14)11(17)19-7(15)4-12/h5-6,8-9H,4,12-14H2,1-3H3/t6-,8+,9+/m1/s1. The Bertz CT molecular complexity index is 345. The van der Waals surface area contributed by atoms with E-state index in [2.05, 4.69) is 4.74 Å². The third-order valence-corrected chi connectivity index (χ3v) is 2.45. The SMILES string of the molecule is CC(C)[C@H](N)C(=O)O[C@H](C)[C@H](N)C(=O)OC(=O)CN. The third-order valence-electron chi connectivity index (χ3n) is 2.45. The summed E-state index contributed by atoms with van der Waals surface area (Å²) in [7, 11) is 0. The van der Waals surface area contributed by atoms with Gasteiger partial charge in [0.05, 0.1) is 6.54 Å². The molecule has 3 atom stereocenters. The molecule has 0 bridgehead atoms. The molecule has 0 aliphatic heterocycles. The first-order chi connectivity index (χ1) is 8.70. The maximum atomic E-state index is 11.6. The van der Waals surface area contributed by atoms with Gasteiger partial charge in [-0.3, -0.25) is 9.59 Å². The van der Waals surface area contributed by atoms with E-state index in [1.165, 1.54) is 6.92 Å². The van der Waals surface area contributed by atoms with Crippen molar-refractivity contribution in [1.29, 1.82) is 0 Å². The molecule has 0 aromatic heterocycles. The zero-order valence-electron chi connectivity index (χ0n) is 11.3. The number of ether oxygens (including phenoxy) is 2. The van der Waals surface area contributed by atoms with Gasteiger partial charge in [-0.15, -0.1) is 0 Å². The number of rotatable bonds is 6. The molecule has 0 unspecified atom stereocenters. The lowest BCUT2D eigenvalue weighted by Gasteiger charge is -2.21. The second-order valence-electron chi connectivity index (χ2n) is 4.43. The Hall–Kier alpha value is -1.51. The van der Waals surface area contributed by atoms with Crippen LogP contribution in [0.15, 0.2) is 0 Å². The molecule has 8 heteroatoms. The first kappa shape index (κ1) is 17.5. The monoisotopic (exact) mass is 275 g/mol. The van der Waals surface area contributed by atoms with E-state index in [-0.39, 0.29) is 5.92 Å². The molecule has 0 rings (SSSR count). The van der Waals surface area contributed by atoms with Crippen molar-refractivity contribution in [2.24, 2.45) is 23.1 Å². The van der Waals surface area contributed by atoms with Gasteiger partial charge in [0.2, 0.25) is 0 Å². The van der Waals surface area contributed by atoms with Gasteiger partial charge in [-0.2, -0.15) is 0 Å². The van der Waals surface area contributed by atoms with Crippen molar-refractivity contribution < 1.29 is 23.9 Å². The largest absolute Gasteiger partial charge is 0.459 e. The highest BCUT2D eigenvalue weighted by atomic mass is 16.6. The lowest BCUT2D eigenvalue weighted by molar-refractivity contribution is -0.163. The van der Waals surface area contributed by atoms with Crippen LogP contribution in [-0.4, -0.2) is 42.6 Å². The molecule has 0 fully saturated rings. The van der Waals surface area contributed by atoms with E-state index in [1.807, 2.05) is 0 Å². The zero-order valence-corrected chi connectivity index (χ0v) is 11.3. The molecule has 0 saturated carbocycles. The molecule has 19 heavy (non-hydrogen) atoms. The number of carbonyl (C=O) groups is 3. The molecule has 110 valence electrons. The Kier molecular flexibility index (Phi) is 7.20. The molecule has 0 aliphatic rings. The van der Waals surface area contributed by atoms with E-state index in [0.717, 1.165) is 0 Å². The fourth-order valence-corrected chi connectivity index (χ4v) is 1.02. The highest BCUT2D eigenvalue weighted by Crippen LogP contribution is 2.05. The molecule has 0 spiro atoms. The van der Waals surface area contributed by atoms with Gasteiger partial charge in [-0.05, 0) is 12.8 Å². The number of hydrogen-bond donors (Lipinski definition) is 3. The predicted molar refractivity (Wildman–Crippen MR) is 66.5 cm³/mol. The van der Waals surface area contributed by atoms with Crippen molar-refractivity contribution in [2.75, 3.05) is 6.54 Å². The summed E-state index contributed by atoms with van der Waals surface area (Å²) in [4.78, 5) is 33.8. The molecule has 8 nitrogen and oxygen atoms in total. The summed E-state index contributed by atoms with van der Waals surface area (Å²) in [5.74, 6) is -2.69. The topological polar surface area (TPSA) is 148 Å². The fraction of sp³-hybridized carbons (Fsp3) is 0.727. The summed E-state index contributed by atoms with van der Waals surface area (Å²) in [6.45, 7) is 4.48. The number of nitrogens with two attached hydrogens (primary N) is 3. The number of carbonyl (C=O) groups excluding carboxylic acids is 3. The molecule has 0 amide bonds. The molecule has 0 heterocycles. The Morgan fingerprint density at radius 2 is 1.53 bits per heavy atom. The van der Waals surface area contributed by atoms with Crippen LogP contribution in [0.1, 0.15) is 20.8 Å². The van der Waals surface area contributed by atoms with E-state index in [1.54, 1.807) is 13.8 Å². The summed E-state index contributed by atoms with van der Waals surface area (Å²) in [6.07, 6.45) is -0.963. The van der Waals surface area contributed by atoms with Crippen molar-refractivity contribution in [3.8, 4) is 0 Å². The quantitative estimate of drug-likeness (QED) is 0.382. The van der Waals surface area contributed by atoms with Gasteiger partial charge in [0.15, 0.2) is 0 Å². The minimum atomic E-state index is -1.28. The molecular weight excluding hydrogens is 254 g/mol. The highest BCUT2D eigenvalue weighted by molar-refractivity contribution is 5.89. The van der Waals surface area contributed by atoms with Crippen molar-refractivity contribution in [2.45, 2.75) is 39.0 Å². The molecule has 6 N–H and O–H groups in total. The van der Waals surface area contributed by atoms with Crippen LogP contribution in [-0.2, 0) is 23.9 Å². The van der Waals surface area contributed by atoms with Gasteiger partial charge in [0, 0.05) is 0 Å². The molecule has 0 aromatic rings. The van der Waals surface area contributed by atoms with Crippen LogP contribution in [0.4, 0.5) is 0 Å². The van der Waals surface area contributed by atoms with E-state index < -0.39 is 42.6 Å². The van der Waals surface area contributed by atoms with Gasteiger partial charge >= 0.3 is 17.9 Å². The smallest absolute Gasteiger partial charge is 0.334 e. The second-order valence-corrected chi connectivity index (χ2v) is 4.43. The minimum absolute atomic E-state index is 0.110. The van der Waals surface area contributed by atoms with Crippen LogP contribution in [0.2, 0.25) is 0 Å². The average molecular weight is 275 g/mol. The van der Waals surface area contributed by atoms with E-state index in [0.29, 0.717) is 0 Å². The van der Waals surface area contributed by atoms with Gasteiger partial charge in [0.1, 0.15) is 18.2 Å². The van der Waals surface area contributed by atoms with Crippen molar-refractivity contribution >= 4 is 17.9 Å². The van der Waals surface area contributed by atoms with Gasteiger partial charge < -0.3 is 26.7 Å². The zero-order chi connectivity index (χ0) is 15.2. The molecule has 0 radical (unpaired) electrons. The first-order valence-corrected chi connectivity index (χ1v) is 5.86. The van der Waals surface area contributed by atoms with Crippen molar-refractivity contribution in [1.82, 2.24) is 0 Å². The maximum absolute atomic E-state index is 11.6. The highest BCUT2D eigenvalue weighted by Gasteiger charge is 2.29. The minimum Gasteiger partial charge on any atom is -0.459 e. The predicted octanol–water partition coefficient (Wildman–Crippen LogP) is -1.74. The summed E-state index contributed by atoms with van der Waals surface area (Å²) in [5, 5.41) is 0. The lowest BCUT2D eigenvalue weighted by Crippen LogP contribution is -2.47. The van der Waals surface area contributed by atoms with Crippen LogP contribution in [0.5, 0.6) is 0 Å². The maximum Gasteiger partial charge on any atom is 0.334 e. The number of hydrogen-bond acceptors (Lipinski definition) is 8. The van der Waals surface area contributed by atoms with Gasteiger partial charge in [-0.1, -0.05) is 13.8 Å². The molecule has 0 aliphatic carbocycles. The number of esters is 3. The Balaban J connectivity index is 4.41. The molecule has 0 aromatic carbocycles. The van der Waals surface area contributed by atoms with Crippen LogP contribution in [0.25, 0.3) is 0 Å². The van der Waals surface area contributed by atoms with Crippen LogP contribution in [0.3, 0.4) is 0 Å². The first-order valence-electron chi connectivity index (χ1n) is 5.86. The van der Waals surface area contributed by atoms with Crippen LogP contribution >= 0.6 is 0 Å². The second kappa shape index (κ2) is 7.82. The summed E-state index contributed by atoms with van der Waals surface area (Å²) in [5.41, 5.74) is 16.1. The molecular formula is C11H21N3O5. The van der Waals surface area contributed by atoms with Gasteiger partial charge in [-0.25, -0.2) is 4.79 Å². The fourth-order valence-electron chi connectivity index (χ4n) is 1.02. The van der Waals surface area contributed by atoms with E-state index in [4.69, 9.17) is 21.9 Å². The van der Waals surface area contributed by atoms with Gasteiger partial charge in [0.25, 0.3) is 0 Å². The van der Waals surface area contributed by atoms with Crippen LogP contribution in [0, 0.1) is 5.92 Å². The Morgan fingerprint density at radius 1 is 1.00 bits per heavy atom. The summed E-state index contributed by atoms with van der Waals surface area (Å²) >= 11 is 0. The Morgan fingerprint density at radius 3 is 1.95 bits per heavy atom. The van der Waals surface area contributed by atoms with E-state index in [9.17, 15) is 14.4 Å². The Labute approximate surface area is 111 Å². The summed E-state index contributed by atoms with van der Waals surface area (Å²) in [6, 6.07) is -2.09. The third kappa shape index (κ3) is 5.77. The van der Waals surface area contributed by atoms with Crippen molar-refractivity contribution in [3.63, 3.8) is 0 Å². The lowest BCUT2D eigenvalue weighted by atomic mass is 10.1. The normalized spacial score (nSPS) is 15.5. The van der Waals surface area contributed by atoms with E-state index >= 15 is 0 Å². The molecule has 0 saturated heterocycles. The average Bonchev–Trinajstić information content (AvgIpc) is 2.35. The summed E-state index contributed by atoms with van der Waals surface area (Å²) < 4.78 is 9.26.